The number of esters is 2. The van der Waals surface area contributed by atoms with Gasteiger partial charge < -0.3 is 9.47 Å². The molecule has 0 aliphatic heterocycles. The van der Waals surface area contributed by atoms with Crippen LogP contribution in [0.1, 0.15) is 44.5 Å². The zero-order chi connectivity index (χ0) is 17.9. The summed E-state index contributed by atoms with van der Waals surface area (Å²) in [5.41, 5.74) is 0.245. The molecule has 5 nitrogen and oxygen atoms in total. The highest BCUT2D eigenvalue weighted by atomic mass is 16.6. The van der Waals surface area contributed by atoms with Crippen LogP contribution in [0.3, 0.4) is 0 Å². The fourth-order valence-electron chi connectivity index (χ4n) is 2.80. The van der Waals surface area contributed by atoms with Crippen molar-refractivity contribution >= 4 is 17.7 Å². The molecule has 2 unspecified atom stereocenters. The summed E-state index contributed by atoms with van der Waals surface area (Å²) in [6, 6.07) is 8.59. The molecule has 0 fully saturated rings. The van der Waals surface area contributed by atoms with E-state index in [0.29, 0.717) is 11.1 Å². The summed E-state index contributed by atoms with van der Waals surface area (Å²) >= 11 is 0. The molecule has 0 amide bonds. The minimum atomic E-state index is -0.795. The average molecular weight is 330 g/mol. The molecule has 2 rings (SSSR count). The molecule has 1 aromatic rings. The van der Waals surface area contributed by atoms with Crippen LogP contribution in [-0.4, -0.2) is 29.9 Å². The molecule has 0 N–H and O–H groups in total. The lowest BCUT2D eigenvalue weighted by Crippen LogP contribution is -2.44. The van der Waals surface area contributed by atoms with Crippen LogP contribution >= 0.6 is 0 Å². The van der Waals surface area contributed by atoms with Gasteiger partial charge in [-0.15, -0.1) is 0 Å². The maximum absolute atomic E-state index is 12.4. The van der Waals surface area contributed by atoms with Gasteiger partial charge in [-0.25, -0.2) is 4.79 Å². The van der Waals surface area contributed by atoms with Crippen molar-refractivity contribution in [3.63, 3.8) is 0 Å². The Morgan fingerprint density at radius 2 is 1.75 bits per heavy atom. The normalized spacial score (nSPS) is 23.0. The second kappa shape index (κ2) is 6.99. The number of ketones is 1. The van der Waals surface area contributed by atoms with E-state index >= 15 is 0 Å². The topological polar surface area (TPSA) is 69.7 Å². The number of hydrogen-bond acceptors (Lipinski definition) is 5. The van der Waals surface area contributed by atoms with E-state index in [0.717, 1.165) is 0 Å². The maximum Gasteiger partial charge on any atom is 0.338 e. The summed E-state index contributed by atoms with van der Waals surface area (Å²) in [5, 5.41) is 0. The molecular formula is C19H22O5. The Bertz CT molecular complexity index is 672. The van der Waals surface area contributed by atoms with Gasteiger partial charge in [-0.3, -0.25) is 9.59 Å². The van der Waals surface area contributed by atoms with E-state index in [1.165, 1.54) is 6.92 Å². The highest BCUT2D eigenvalue weighted by Crippen LogP contribution is 2.36. The first-order chi connectivity index (χ1) is 11.2. The minimum Gasteiger partial charge on any atom is -0.454 e. The van der Waals surface area contributed by atoms with Crippen molar-refractivity contribution in [2.75, 3.05) is 0 Å². The third-order valence-electron chi connectivity index (χ3n) is 4.08. The Labute approximate surface area is 141 Å². The molecule has 128 valence electrons. The molecule has 0 bridgehead atoms. The molecule has 24 heavy (non-hydrogen) atoms. The molecular weight excluding hydrogens is 308 g/mol. The summed E-state index contributed by atoms with van der Waals surface area (Å²) in [4.78, 5) is 36.1. The van der Waals surface area contributed by atoms with E-state index in [9.17, 15) is 14.4 Å². The Balaban J connectivity index is 2.35. The van der Waals surface area contributed by atoms with Crippen molar-refractivity contribution in [2.45, 2.75) is 46.3 Å². The molecule has 0 heterocycles. The molecule has 0 radical (unpaired) electrons. The van der Waals surface area contributed by atoms with Crippen LogP contribution in [0.15, 0.2) is 42.0 Å². The largest absolute Gasteiger partial charge is 0.454 e. The van der Waals surface area contributed by atoms with Crippen LogP contribution in [0, 0.1) is 5.41 Å². The van der Waals surface area contributed by atoms with Gasteiger partial charge in [-0.1, -0.05) is 32.0 Å². The van der Waals surface area contributed by atoms with E-state index in [1.54, 1.807) is 43.3 Å². The Morgan fingerprint density at radius 3 is 2.33 bits per heavy atom. The lowest BCUT2D eigenvalue weighted by Gasteiger charge is -2.35. The molecule has 0 aromatic heterocycles. The first kappa shape index (κ1) is 17.9. The van der Waals surface area contributed by atoms with Crippen molar-refractivity contribution < 1.29 is 23.9 Å². The van der Waals surface area contributed by atoms with Gasteiger partial charge in [-0.2, -0.15) is 0 Å². The molecule has 1 aliphatic rings. The second-order valence-electron chi connectivity index (χ2n) is 6.70. The first-order valence-corrected chi connectivity index (χ1v) is 7.85. The number of ether oxygens (including phenoxy) is 2. The van der Waals surface area contributed by atoms with Crippen molar-refractivity contribution in [3.8, 4) is 0 Å². The van der Waals surface area contributed by atoms with E-state index in [1.807, 2.05) is 13.8 Å². The van der Waals surface area contributed by atoms with Gasteiger partial charge in [0.15, 0.2) is 11.9 Å². The van der Waals surface area contributed by atoms with Gasteiger partial charge in [0, 0.05) is 18.8 Å². The number of benzene rings is 1. The quantitative estimate of drug-likeness (QED) is 0.797. The maximum atomic E-state index is 12.4. The monoisotopic (exact) mass is 330 g/mol. The van der Waals surface area contributed by atoms with E-state index in [-0.39, 0.29) is 12.2 Å². The van der Waals surface area contributed by atoms with Gasteiger partial charge in [0.25, 0.3) is 0 Å². The van der Waals surface area contributed by atoms with Gasteiger partial charge in [-0.05, 0) is 30.7 Å². The number of carbonyl (C=O) groups is 3. The van der Waals surface area contributed by atoms with Crippen LogP contribution in [0.25, 0.3) is 0 Å². The van der Waals surface area contributed by atoms with Gasteiger partial charge in [0.1, 0.15) is 6.10 Å². The molecule has 2 atom stereocenters. The van der Waals surface area contributed by atoms with Crippen LogP contribution in [-0.2, 0) is 19.1 Å². The van der Waals surface area contributed by atoms with Crippen LogP contribution in [0.5, 0.6) is 0 Å². The number of rotatable bonds is 3. The highest BCUT2D eigenvalue weighted by molar-refractivity contribution is 5.96. The molecule has 1 aromatic carbocycles. The molecule has 0 saturated carbocycles. The first-order valence-electron chi connectivity index (χ1n) is 7.85. The lowest BCUT2D eigenvalue weighted by molar-refractivity contribution is -0.153. The predicted octanol–water partition coefficient (Wildman–Crippen LogP) is 3.09. The van der Waals surface area contributed by atoms with E-state index in [2.05, 4.69) is 0 Å². The predicted molar refractivity (Wildman–Crippen MR) is 88.4 cm³/mol. The summed E-state index contributed by atoms with van der Waals surface area (Å²) in [7, 11) is 0. The Kier molecular flexibility index (Phi) is 5.22. The number of hydrogen-bond donors (Lipinski definition) is 0. The minimum absolute atomic E-state index is 0.0459. The fraction of sp³-hybridized carbons (Fsp3) is 0.421. The fourth-order valence-corrected chi connectivity index (χ4v) is 2.80. The summed E-state index contributed by atoms with van der Waals surface area (Å²) in [6.45, 7) is 6.63. The zero-order valence-corrected chi connectivity index (χ0v) is 14.4. The van der Waals surface area contributed by atoms with Crippen molar-refractivity contribution in [1.29, 1.82) is 0 Å². The third-order valence-corrected chi connectivity index (χ3v) is 4.08. The van der Waals surface area contributed by atoms with Gasteiger partial charge in [0.2, 0.25) is 0 Å². The lowest BCUT2D eigenvalue weighted by atomic mass is 9.80. The van der Waals surface area contributed by atoms with Crippen molar-refractivity contribution in [1.82, 2.24) is 0 Å². The van der Waals surface area contributed by atoms with Crippen molar-refractivity contribution in [2.24, 2.45) is 5.41 Å². The molecule has 1 aliphatic carbocycles. The van der Waals surface area contributed by atoms with Crippen molar-refractivity contribution in [3.05, 3.63) is 47.5 Å². The zero-order valence-electron chi connectivity index (χ0n) is 14.4. The van der Waals surface area contributed by atoms with Crippen LogP contribution in [0.2, 0.25) is 0 Å². The third kappa shape index (κ3) is 4.10. The molecule has 0 saturated heterocycles. The number of Topliss-reactive ketones (excluding diaryl/α,β-unsaturated/α-hetero) is 1. The molecule has 0 spiro atoms. The van der Waals surface area contributed by atoms with Crippen LogP contribution in [0.4, 0.5) is 0 Å². The van der Waals surface area contributed by atoms with Gasteiger partial charge in [0.05, 0.1) is 5.56 Å². The highest BCUT2D eigenvalue weighted by Gasteiger charge is 2.43. The number of allylic oxidation sites excluding steroid dienone is 1. The summed E-state index contributed by atoms with van der Waals surface area (Å²) < 4.78 is 11.0. The van der Waals surface area contributed by atoms with Crippen LogP contribution < -0.4 is 0 Å². The Morgan fingerprint density at radius 1 is 1.12 bits per heavy atom. The standard InChI is InChI=1S/C19H22O5/c1-12-10-16(23-13(2)20)17(19(3,4)11-15(12)21)24-18(22)14-8-6-5-7-9-14/h5-10,16-17H,11H2,1-4H3. The second-order valence-corrected chi connectivity index (χ2v) is 6.70. The number of carbonyl (C=O) groups excluding carboxylic acids is 3. The summed E-state index contributed by atoms with van der Waals surface area (Å²) in [5.74, 6) is -1.04. The average Bonchev–Trinajstić information content (AvgIpc) is 2.57. The smallest absolute Gasteiger partial charge is 0.338 e. The molecule has 5 heteroatoms. The Hall–Kier alpha value is -2.43. The summed E-state index contributed by atoms with van der Waals surface area (Å²) in [6.07, 6.45) is 0.230. The van der Waals surface area contributed by atoms with E-state index in [4.69, 9.17) is 9.47 Å². The van der Waals surface area contributed by atoms with E-state index < -0.39 is 29.6 Å². The SMILES string of the molecule is CC(=O)OC1C=C(C)C(=O)CC(C)(C)C1OC(=O)c1ccccc1. The van der Waals surface area contributed by atoms with Gasteiger partial charge >= 0.3 is 11.9 Å².